The average Bonchev–Trinajstić information content (AvgIpc) is 2.94. The van der Waals surface area contributed by atoms with Crippen LogP contribution in [-0.2, 0) is 16.0 Å². The van der Waals surface area contributed by atoms with Crippen molar-refractivity contribution in [2.24, 2.45) is 5.73 Å². The number of benzene rings is 1. The maximum atomic E-state index is 11.5. The number of anilines is 1. The summed E-state index contributed by atoms with van der Waals surface area (Å²) in [5.74, 6) is 0.0522. The highest BCUT2D eigenvalue weighted by Gasteiger charge is 2.29. The number of fused-ring (bicyclic) bond motifs is 1. The number of aryl methyl sites for hydroxylation is 1. The van der Waals surface area contributed by atoms with Gasteiger partial charge in [-0.1, -0.05) is 17.7 Å². The fourth-order valence-electron chi connectivity index (χ4n) is 2.89. The molecule has 0 aliphatic carbocycles. The predicted octanol–water partition coefficient (Wildman–Crippen LogP) is 1.67. The smallest absolute Gasteiger partial charge is 0.228 e. The normalized spacial score (nSPS) is 23.9. The Balaban J connectivity index is 1.98. The van der Waals surface area contributed by atoms with E-state index in [2.05, 4.69) is 17.4 Å². The van der Waals surface area contributed by atoms with Crippen LogP contribution in [0, 0.1) is 6.92 Å². The molecule has 1 aromatic rings. The Morgan fingerprint density at radius 2 is 2.33 bits per heavy atom. The third kappa shape index (κ3) is 1.91. The van der Waals surface area contributed by atoms with Gasteiger partial charge in [-0.05, 0) is 30.9 Å². The molecule has 0 saturated carbocycles. The van der Waals surface area contributed by atoms with Gasteiger partial charge in [-0.25, -0.2) is 0 Å². The molecule has 4 nitrogen and oxygen atoms in total. The largest absolute Gasteiger partial charge is 0.376 e. The lowest BCUT2D eigenvalue weighted by Crippen LogP contribution is -2.26. The Morgan fingerprint density at radius 3 is 3.06 bits per heavy atom. The maximum absolute atomic E-state index is 11.5. The van der Waals surface area contributed by atoms with Gasteiger partial charge < -0.3 is 15.8 Å². The number of rotatable bonds is 2. The van der Waals surface area contributed by atoms with Crippen LogP contribution >= 0.6 is 0 Å². The molecule has 0 aromatic heterocycles. The Kier molecular flexibility index (Phi) is 2.84. The van der Waals surface area contributed by atoms with Crippen molar-refractivity contribution in [2.75, 3.05) is 11.9 Å². The van der Waals surface area contributed by atoms with Gasteiger partial charge in [-0.3, -0.25) is 4.79 Å². The van der Waals surface area contributed by atoms with E-state index in [1.165, 1.54) is 0 Å². The molecule has 0 bridgehead atoms. The van der Waals surface area contributed by atoms with Crippen molar-refractivity contribution < 1.29 is 9.53 Å². The van der Waals surface area contributed by atoms with Crippen molar-refractivity contribution in [1.29, 1.82) is 0 Å². The van der Waals surface area contributed by atoms with Crippen molar-refractivity contribution in [1.82, 2.24) is 0 Å². The summed E-state index contributed by atoms with van der Waals surface area (Å²) in [6.07, 6.45) is 2.60. The first-order chi connectivity index (χ1) is 8.65. The van der Waals surface area contributed by atoms with E-state index in [4.69, 9.17) is 10.5 Å². The molecule has 2 atom stereocenters. The lowest BCUT2D eigenvalue weighted by Gasteiger charge is -2.22. The van der Waals surface area contributed by atoms with Gasteiger partial charge in [0.2, 0.25) is 5.91 Å². The number of ether oxygens (including phenoxy) is 1. The van der Waals surface area contributed by atoms with E-state index in [9.17, 15) is 4.79 Å². The van der Waals surface area contributed by atoms with Crippen LogP contribution in [0.5, 0.6) is 0 Å². The van der Waals surface area contributed by atoms with Gasteiger partial charge in [-0.15, -0.1) is 0 Å². The number of hydrogen-bond acceptors (Lipinski definition) is 3. The fourth-order valence-corrected chi connectivity index (χ4v) is 2.89. The van der Waals surface area contributed by atoms with Crippen molar-refractivity contribution in [3.8, 4) is 0 Å². The summed E-state index contributed by atoms with van der Waals surface area (Å²) in [6, 6.07) is 3.97. The van der Waals surface area contributed by atoms with E-state index in [1.54, 1.807) is 0 Å². The van der Waals surface area contributed by atoms with Crippen molar-refractivity contribution in [3.63, 3.8) is 0 Å². The van der Waals surface area contributed by atoms with Crippen molar-refractivity contribution in [2.45, 2.75) is 38.3 Å². The first kappa shape index (κ1) is 11.7. The second-order valence-corrected chi connectivity index (χ2v) is 5.19. The lowest BCUT2D eigenvalue weighted by molar-refractivity contribution is -0.115. The molecule has 1 aromatic carbocycles. The zero-order valence-corrected chi connectivity index (χ0v) is 10.5. The monoisotopic (exact) mass is 246 g/mol. The molecule has 1 fully saturated rings. The first-order valence-electron chi connectivity index (χ1n) is 6.45. The molecule has 1 saturated heterocycles. The van der Waals surface area contributed by atoms with E-state index in [1.807, 2.05) is 6.92 Å². The molecule has 2 aliphatic heterocycles. The Labute approximate surface area is 107 Å². The SMILES string of the molecule is Cc1cc2c(c(C(N)C3CCCO3)c1)NC(=O)C2. The molecule has 3 N–H and O–H groups in total. The van der Waals surface area contributed by atoms with Crippen LogP contribution in [-0.4, -0.2) is 18.6 Å². The zero-order valence-electron chi connectivity index (χ0n) is 10.5. The second-order valence-electron chi connectivity index (χ2n) is 5.19. The Hall–Kier alpha value is -1.39. The number of carbonyl (C=O) groups excluding carboxylic acids is 1. The Morgan fingerprint density at radius 1 is 1.50 bits per heavy atom. The molecule has 0 spiro atoms. The van der Waals surface area contributed by atoms with Crippen molar-refractivity contribution >= 4 is 11.6 Å². The summed E-state index contributed by atoms with van der Waals surface area (Å²) >= 11 is 0. The highest BCUT2D eigenvalue weighted by atomic mass is 16.5. The van der Waals surface area contributed by atoms with E-state index in [-0.39, 0.29) is 18.1 Å². The highest BCUT2D eigenvalue weighted by Crippen LogP contribution is 2.35. The lowest BCUT2D eigenvalue weighted by atomic mass is 9.94. The molecule has 2 heterocycles. The topological polar surface area (TPSA) is 64.3 Å². The molecule has 2 unspecified atom stereocenters. The molecule has 1 amide bonds. The molecule has 18 heavy (non-hydrogen) atoms. The van der Waals surface area contributed by atoms with Crippen LogP contribution in [0.1, 0.15) is 35.6 Å². The highest BCUT2D eigenvalue weighted by molar-refractivity contribution is 6.00. The molecule has 96 valence electrons. The maximum Gasteiger partial charge on any atom is 0.228 e. The van der Waals surface area contributed by atoms with Crippen LogP contribution in [0.3, 0.4) is 0 Å². The van der Waals surface area contributed by atoms with E-state index in [0.717, 1.165) is 41.8 Å². The summed E-state index contributed by atoms with van der Waals surface area (Å²) in [5.41, 5.74) is 10.4. The number of hydrogen-bond donors (Lipinski definition) is 2. The standard InChI is InChI=1S/C14H18N2O2/c1-8-5-9-7-12(17)16-14(9)10(6-8)13(15)11-3-2-4-18-11/h5-6,11,13H,2-4,7,15H2,1H3,(H,16,17). The molecular formula is C14H18N2O2. The predicted molar refractivity (Wildman–Crippen MR) is 69.4 cm³/mol. The first-order valence-corrected chi connectivity index (χ1v) is 6.45. The van der Waals surface area contributed by atoms with Crippen LogP contribution in [0.25, 0.3) is 0 Å². The van der Waals surface area contributed by atoms with Gasteiger partial charge >= 0.3 is 0 Å². The second kappa shape index (κ2) is 4.37. The summed E-state index contributed by atoms with van der Waals surface area (Å²) < 4.78 is 5.66. The summed E-state index contributed by atoms with van der Waals surface area (Å²) in [6.45, 7) is 2.83. The number of amides is 1. The molecule has 2 aliphatic rings. The number of nitrogens with one attached hydrogen (secondary N) is 1. The summed E-state index contributed by atoms with van der Waals surface area (Å²) in [4.78, 5) is 11.5. The van der Waals surface area contributed by atoms with E-state index >= 15 is 0 Å². The van der Waals surface area contributed by atoms with Crippen molar-refractivity contribution in [3.05, 3.63) is 28.8 Å². The minimum absolute atomic E-state index is 0.0522. The average molecular weight is 246 g/mol. The molecule has 3 rings (SSSR count). The van der Waals surface area contributed by atoms with E-state index < -0.39 is 0 Å². The van der Waals surface area contributed by atoms with Crippen LogP contribution in [0.2, 0.25) is 0 Å². The minimum atomic E-state index is -0.153. The van der Waals surface area contributed by atoms with Crippen LogP contribution in [0.15, 0.2) is 12.1 Å². The van der Waals surface area contributed by atoms with Gasteiger partial charge in [0.05, 0.1) is 18.6 Å². The quantitative estimate of drug-likeness (QED) is 0.834. The number of carbonyl (C=O) groups is 1. The molecule has 4 heteroatoms. The summed E-state index contributed by atoms with van der Waals surface area (Å²) in [7, 11) is 0. The van der Waals surface area contributed by atoms with Gasteiger partial charge in [0.15, 0.2) is 0 Å². The van der Waals surface area contributed by atoms with Gasteiger partial charge in [0, 0.05) is 12.3 Å². The van der Waals surface area contributed by atoms with E-state index in [0.29, 0.717) is 6.42 Å². The fraction of sp³-hybridized carbons (Fsp3) is 0.500. The molecule has 0 radical (unpaired) electrons. The third-order valence-corrected chi connectivity index (χ3v) is 3.73. The third-order valence-electron chi connectivity index (χ3n) is 3.73. The van der Waals surface area contributed by atoms with Crippen LogP contribution < -0.4 is 11.1 Å². The Bertz CT molecular complexity index is 493. The van der Waals surface area contributed by atoms with Gasteiger partial charge in [0.25, 0.3) is 0 Å². The molecular weight excluding hydrogens is 228 g/mol. The van der Waals surface area contributed by atoms with Gasteiger partial charge in [0.1, 0.15) is 0 Å². The minimum Gasteiger partial charge on any atom is -0.376 e. The van der Waals surface area contributed by atoms with Gasteiger partial charge in [-0.2, -0.15) is 0 Å². The summed E-state index contributed by atoms with van der Waals surface area (Å²) in [5, 5.41) is 2.92. The zero-order chi connectivity index (χ0) is 12.7. The van der Waals surface area contributed by atoms with Crippen LogP contribution in [0.4, 0.5) is 5.69 Å². The number of nitrogens with two attached hydrogens (primary N) is 1.